The number of nitrogens with zero attached hydrogens (tertiary/aromatic N) is 3. The summed E-state index contributed by atoms with van der Waals surface area (Å²) in [6.45, 7) is 4.56. The number of rotatable bonds is 6. The minimum Gasteiger partial charge on any atom is -0.510 e. The number of carbonyl (C=O) groups is 3. The number of aromatic hydroxyl groups is 1. The van der Waals surface area contributed by atoms with Gasteiger partial charge in [0.15, 0.2) is 11.4 Å². The molecular weight excluding hydrogens is 500 g/mol. The van der Waals surface area contributed by atoms with E-state index in [0.29, 0.717) is 24.3 Å². The van der Waals surface area contributed by atoms with Gasteiger partial charge in [-0.1, -0.05) is 0 Å². The summed E-state index contributed by atoms with van der Waals surface area (Å²) < 4.78 is 0. The molecular formula is C25H30N4O9. The van der Waals surface area contributed by atoms with E-state index in [9.17, 15) is 44.9 Å². The number of hydrogen-bond acceptors (Lipinski definition) is 11. The number of aliphatic hydroxyl groups excluding tert-OH is 2. The summed E-state index contributed by atoms with van der Waals surface area (Å²) in [6, 6.07) is 0.107. The van der Waals surface area contributed by atoms with E-state index in [4.69, 9.17) is 5.73 Å². The molecule has 1 amide bonds. The molecule has 38 heavy (non-hydrogen) atoms. The van der Waals surface area contributed by atoms with Crippen molar-refractivity contribution in [2.45, 2.75) is 38.3 Å². The maximum absolute atomic E-state index is 13.8. The zero-order valence-electron chi connectivity index (χ0n) is 21.4. The van der Waals surface area contributed by atoms with Crippen LogP contribution in [-0.4, -0.2) is 86.6 Å². The number of Topliss-reactive ketones (excluding diaryl/α,β-unsaturated/α-hetero) is 2. The third-order valence-electron chi connectivity index (χ3n) is 7.98. The molecule has 0 fully saturated rings. The molecule has 3 aliphatic carbocycles. The minimum atomic E-state index is -2.78. The average Bonchev–Trinajstić information content (AvgIpc) is 2.82. The number of nitro groups is 1. The Balaban J connectivity index is 2.01. The Labute approximate surface area is 217 Å². The molecule has 0 aromatic heterocycles. The zero-order chi connectivity index (χ0) is 28.4. The van der Waals surface area contributed by atoms with E-state index in [1.807, 2.05) is 13.8 Å². The number of phenols is 1. The van der Waals surface area contributed by atoms with Gasteiger partial charge in [0.1, 0.15) is 17.1 Å². The number of fused-ring (bicyclic) bond motifs is 3. The molecule has 13 heteroatoms. The molecule has 3 unspecified atom stereocenters. The van der Waals surface area contributed by atoms with Crippen molar-refractivity contribution in [2.24, 2.45) is 17.6 Å². The van der Waals surface area contributed by atoms with Crippen LogP contribution in [0.4, 0.5) is 11.4 Å². The summed E-state index contributed by atoms with van der Waals surface area (Å²) in [7, 11) is 3.09. The summed E-state index contributed by atoms with van der Waals surface area (Å²) in [4.78, 5) is 53.4. The van der Waals surface area contributed by atoms with Gasteiger partial charge in [-0.25, -0.2) is 0 Å². The lowest BCUT2D eigenvalue weighted by atomic mass is 9.58. The van der Waals surface area contributed by atoms with Gasteiger partial charge in [0.25, 0.3) is 5.91 Å². The number of aliphatic hydroxyl groups is 3. The van der Waals surface area contributed by atoms with Gasteiger partial charge in [-0.15, -0.1) is 0 Å². The summed E-state index contributed by atoms with van der Waals surface area (Å²) in [5.74, 6) is -8.11. The number of allylic oxidation sites excluding steroid dienone is 1. The van der Waals surface area contributed by atoms with Crippen molar-refractivity contribution in [3.63, 3.8) is 0 Å². The van der Waals surface area contributed by atoms with Crippen molar-refractivity contribution in [1.29, 1.82) is 0 Å². The fraction of sp³-hybridized carbons (Fsp3) is 0.480. The molecule has 0 spiro atoms. The Hall–Kier alpha value is -3.97. The second-order valence-corrected chi connectivity index (χ2v) is 10.0. The van der Waals surface area contributed by atoms with Crippen LogP contribution in [0, 0.1) is 22.0 Å². The Morgan fingerprint density at radius 1 is 1.21 bits per heavy atom. The van der Waals surface area contributed by atoms with Crippen LogP contribution in [0.3, 0.4) is 0 Å². The fourth-order valence-corrected chi connectivity index (χ4v) is 6.27. The van der Waals surface area contributed by atoms with Crippen LogP contribution in [-0.2, 0) is 16.0 Å². The normalized spacial score (nSPS) is 26.7. The van der Waals surface area contributed by atoms with E-state index in [0.717, 1.165) is 0 Å². The van der Waals surface area contributed by atoms with Crippen molar-refractivity contribution < 1.29 is 39.7 Å². The van der Waals surface area contributed by atoms with E-state index in [1.165, 1.54) is 11.0 Å². The van der Waals surface area contributed by atoms with Gasteiger partial charge in [0, 0.05) is 36.3 Å². The highest BCUT2D eigenvalue weighted by atomic mass is 16.6. The van der Waals surface area contributed by atoms with Crippen molar-refractivity contribution in [1.82, 2.24) is 4.90 Å². The van der Waals surface area contributed by atoms with Crippen molar-refractivity contribution >= 4 is 28.8 Å². The van der Waals surface area contributed by atoms with Gasteiger partial charge < -0.3 is 31.1 Å². The number of carbonyl (C=O) groups excluding carboxylic acids is 3. The SMILES string of the molecule is CCN(CC)c1cc([N+](=O)[O-])c(O)c2c1CC1CC3[C@H](N(C)C)C(O)=C(C(N)=O)C(=O)C3(O)C(O)=C1C2=O. The van der Waals surface area contributed by atoms with Crippen LogP contribution in [0.5, 0.6) is 5.75 Å². The monoisotopic (exact) mass is 530 g/mol. The predicted molar refractivity (Wildman–Crippen MR) is 134 cm³/mol. The summed E-state index contributed by atoms with van der Waals surface area (Å²) >= 11 is 0. The van der Waals surface area contributed by atoms with Crippen molar-refractivity contribution in [2.75, 3.05) is 32.1 Å². The smallest absolute Gasteiger partial charge is 0.313 e. The van der Waals surface area contributed by atoms with E-state index >= 15 is 0 Å². The second kappa shape index (κ2) is 9.10. The number of primary amides is 1. The molecule has 1 aromatic carbocycles. The summed E-state index contributed by atoms with van der Waals surface area (Å²) in [5, 5.41) is 56.3. The number of nitro benzene ring substituents is 1. The van der Waals surface area contributed by atoms with Gasteiger partial charge in [-0.05, 0) is 52.3 Å². The number of anilines is 1. The standard InChI is InChI=1S/C25H30N4O9/c1-5-28(6-2)13-9-14(29(37)38)19(30)16-11(13)7-10-8-12-18(27(3)4)21(32)17(24(26)35)23(34)25(12,36)22(33)15(10)20(16)31/h9-10,12,18,30,32-33,36H,5-8H2,1-4H3,(H2,26,35)/t10?,12?,18-,25?/m0/s1. The number of ketones is 2. The Morgan fingerprint density at radius 3 is 2.32 bits per heavy atom. The van der Waals surface area contributed by atoms with E-state index in [1.54, 1.807) is 19.0 Å². The van der Waals surface area contributed by atoms with Crippen LogP contribution in [0.25, 0.3) is 0 Å². The largest absolute Gasteiger partial charge is 0.510 e. The summed E-state index contributed by atoms with van der Waals surface area (Å²) in [6.07, 6.45) is -0.0207. The predicted octanol–water partition coefficient (Wildman–Crippen LogP) is 0.875. The lowest BCUT2D eigenvalue weighted by Crippen LogP contribution is -2.63. The molecule has 0 heterocycles. The van der Waals surface area contributed by atoms with Crippen LogP contribution in [0.2, 0.25) is 0 Å². The highest BCUT2D eigenvalue weighted by molar-refractivity contribution is 6.25. The molecule has 0 saturated carbocycles. The number of hydrogen-bond donors (Lipinski definition) is 5. The molecule has 4 atom stereocenters. The quantitative estimate of drug-likeness (QED) is 0.198. The molecule has 204 valence electrons. The fourth-order valence-electron chi connectivity index (χ4n) is 6.27. The van der Waals surface area contributed by atoms with Gasteiger partial charge in [0.2, 0.25) is 11.5 Å². The number of nitrogens with two attached hydrogens (primary N) is 1. The topological polar surface area (TPSA) is 208 Å². The maximum atomic E-state index is 13.8. The molecule has 0 saturated heterocycles. The van der Waals surface area contributed by atoms with Crippen LogP contribution in [0.15, 0.2) is 28.7 Å². The highest BCUT2D eigenvalue weighted by Crippen LogP contribution is 2.54. The number of amides is 1. The summed E-state index contributed by atoms with van der Waals surface area (Å²) in [5.41, 5.74) is 0.912. The molecule has 4 rings (SSSR count). The van der Waals surface area contributed by atoms with Crippen molar-refractivity contribution in [3.8, 4) is 5.75 Å². The lowest BCUT2D eigenvalue weighted by molar-refractivity contribution is -0.385. The molecule has 13 nitrogen and oxygen atoms in total. The maximum Gasteiger partial charge on any atom is 0.313 e. The van der Waals surface area contributed by atoms with Gasteiger partial charge in [-0.2, -0.15) is 0 Å². The Bertz CT molecular complexity index is 1340. The molecule has 0 aliphatic heterocycles. The van der Waals surface area contributed by atoms with Crippen LogP contribution >= 0.6 is 0 Å². The highest BCUT2D eigenvalue weighted by Gasteiger charge is 2.63. The number of benzene rings is 1. The van der Waals surface area contributed by atoms with Gasteiger partial charge in [0.05, 0.1) is 16.5 Å². The number of phenolic OH excluding ortho intramolecular Hbond substituents is 1. The first kappa shape index (κ1) is 27.1. The van der Waals surface area contributed by atoms with E-state index < -0.39 is 74.4 Å². The Kier molecular flexibility index (Phi) is 6.48. The third-order valence-corrected chi connectivity index (χ3v) is 7.98. The lowest BCUT2D eigenvalue weighted by Gasteiger charge is -2.50. The Morgan fingerprint density at radius 2 is 1.82 bits per heavy atom. The molecule has 6 N–H and O–H groups in total. The first-order valence-electron chi connectivity index (χ1n) is 12.2. The first-order valence-corrected chi connectivity index (χ1v) is 12.2. The van der Waals surface area contributed by atoms with Gasteiger partial charge in [-0.3, -0.25) is 29.4 Å². The molecule has 0 bridgehead atoms. The van der Waals surface area contributed by atoms with Crippen LogP contribution in [0.1, 0.15) is 36.2 Å². The zero-order valence-corrected chi connectivity index (χ0v) is 21.4. The van der Waals surface area contributed by atoms with Crippen LogP contribution < -0.4 is 10.6 Å². The van der Waals surface area contributed by atoms with Gasteiger partial charge >= 0.3 is 5.69 Å². The number of likely N-dealkylation sites (N-methyl/N-ethyl adjacent to an activating group) is 1. The average molecular weight is 531 g/mol. The van der Waals surface area contributed by atoms with E-state index in [-0.39, 0.29) is 24.0 Å². The minimum absolute atomic E-state index is 0.0475. The first-order chi connectivity index (χ1) is 17.7. The molecule has 0 radical (unpaired) electrons. The van der Waals surface area contributed by atoms with E-state index in [2.05, 4.69) is 0 Å². The third kappa shape index (κ3) is 3.49. The molecule has 1 aromatic rings. The second-order valence-electron chi connectivity index (χ2n) is 10.0. The van der Waals surface area contributed by atoms with Crippen molar-refractivity contribution in [3.05, 3.63) is 50.0 Å². The molecule has 3 aliphatic rings.